The number of rotatable bonds is 5. The summed E-state index contributed by atoms with van der Waals surface area (Å²) in [6, 6.07) is 6.73. The number of furan rings is 1. The molecule has 0 radical (unpaired) electrons. The summed E-state index contributed by atoms with van der Waals surface area (Å²) in [5, 5.41) is 3.33. The Morgan fingerprint density at radius 2 is 2.17 bits per heavy atom. The number of hydrogen-bond donors (Lipinski definition) is 1. The van der Waals surface area contributed by atoms with Crippen molar-refractivity contribution >= 4 is 0 Å². The third-order valence-electron chi connectivity index (χ3n) is 2.79. The average molecular weight is 249 g/mol. The highest BCUT2D eigenvalue weighted by Crippen LogP contribution is 2.27. The zero-order chi connectivity index (χ0) is 13.0. The van der Waals surface area contributed by atoms with Crippen molar-refractivity contribution in [1.82, 2.24) is 5.32 Å². The molecule has 1 unspecified atom stereocenters. The van der Waals surface area contributed by atoms with Gasteiger partial charge in [-0.05, 0) is 30.3 Å². The Morgan fingerprint density at radius 3 is 2.78 bits per heavy atom. The van der Waals surface area contributed by atoms with Crippen molar-refractivity contribution in [2.45, 2.75) is 13.0 Å². The highest BCUT2D eigenvalue weighted by atomic mass is 19.1. The normalized spacial score (nSPS) is 12.4. The van der Waals surface area contributed by atoms with E-state index < -0.39 is 0 Å². The Morgan fingerprint density at radius 1 is 1.33 bits per heavy atom. The molecule has 0 aliphatic rings. The van der Waals surface area contributed by atoms with Gasteiger partial charge in [0.25, 0.3) is 0 Å². The molecule has 18 heavy (non-hydrogen) atoms. The number of methoxy groups -OCH3 is 1. The monoisotopic (exact) mass is 249 g/mol. The third kappa shape index (κ3) is 2.54. The van der Waals surface area contributed by atoms with E-state index in [1.54, 1.807) is 24.7 Å². The van der Waals surface area contributed by atoms with Crippen LogP contribution in [0.2, 0.25) is 0 Å². The number of halogens is 1. The maximum atomic E-state index is 13.4. The smallest absolute Gasteiger partial charge is 0.165 e. The van der Waals surface area contributed by atoms with Crippen molar-refractivity contribution in [2.75, 3.05) is 13.7 Å². The van der Waals surface area contributed by atoms with Crippen LogP contribution < -0.4 is 10.1 Å². The van der Waals surface area contributed by atoms with Crippen LogP contribution in [0.1, 0.15) is 24.1 Å². The number of hydrogen-bond acceptors (Lipinski definition) is 3. The highest BCUT2D eigenvalue weighted by Gasteiger charge is 2.16. The fourth-order valence-electron chi connectivity index (χ4n) is 1.93. The van der Waals surface area contributed by atoms with Crippen LogP contribution in [-0.2, 0) is 0 Å². The van der Waals surface area contributed by atoms with Gasteiger partial charge in [0, 0.05) is 5.56 Å². The van der Waals surface area contributed by atoms with E-state index in [2.05, 4.69) is 5.32 Å². The van der Waals surface area contributed by atoms with Gasteiger partial charge in [0.05, 0.1) is 25.7 Å². The lowest BCUT2D eigenvalue weighted by Crippen LogP contribution is -2.21. The van der Waals surface area contributed by atoms with Crippen molar-refractivity contribution in [2.24, 2.45) is 0 Å². The second-order valence-electron chi connectivity index (χ2n) is 3.94. The minimum absolute atomic E-state index is 0.0248. The molecule has 0 saturated heterocycles. The zero-order valence-corrected chi connectivity index (χ0v) is 10.4. The van der Waals surface area contributed by atoms with Crippen LogP contribution in [-0.4, -0.2) is 13.7 Å². The van der Waals surface area contributed by atoms with Gasteiger partial charge >= 0.3 is 0 Å². The molecular formula is C14H16FNO2. The Kier molecular flexibility index (Phi) is 3.99. The quantitative estimate of drug-likeness (QED) is 0.884. The van der Waals surface area contributed by atoms with Gasteiger partial charge in [0.1, 0.15) is 0 Å². The highest BCUT2D eigenvalue weighted by molar-refractivity contribution is 5.36. The summed E-state index contributed by atoms with van der Waals surface area (Å²) in [5.74, 6) is -0.109. The first-order chi connectivity index (χ1) is 8.76. The SMILES string of the molecule is CCNC(c1ccoc1)c1ccc(F)c(OC)c1. The Balaban J connectivity index is 2.36. The second-order valence-corrected chi connectivity index (χ2v) is 3.94. The summed E-state index contributed by atoms with van der Waals surface area (Å²) in [5.41, 5.74) is 1.95. The molecule has 0 fully saturated rings. The predicted octanol–water partition coefficient (Wildman–Crippen LogP) is 3.13. The number of ether oxygens (including phenoxy) is 1. The van der Waals surface area contributed by atoms with Crippen LogP contribution in [0.25, 0.3) is 0 Å². The Bertz CT molecular complexity index is 497. The number of nitrogens with one attached hydrogen (secondary N) is 1. The Labute approximate surface area is 106 Å². The van der Waals surface area contributed by atoms with Crippen molar-refractivity contribution in [3.05, 3.63) is 53.7 Å². The first-order valence-electron chi connectivity index (χ1n) is 5.85. The van der Waals surface area contributed by atoms with E-state index in [0.717, 1.165) is 17.7 Å². The summed E-state index contributed by atoms with van der Waals surface area (Å²) >= 11 is 0. The van der Waals surface area contributed by atoms with Gasteiger partial charge < -0.3 is 14.5 Å². The van der Waals surface area contributed by atoms with Crippen LogP contribution in [0.3, 0.4) is 0 Å². The zero-order valence-electron chi connectivity index (χ0n) is 10.4. The molecule has 1 aromatic heterocycles. The van der Waals surface area contributed by atoms with E-state index in [1.807, 2.05) is 13.0 Å². The van der Waals surface area contributed by atoms with E-state index in [4.69, 9.17) is 9.15 Å². The standard InChI is InChI=1S/C14H16FNO2/c1-3-16-14(11-6-7-18-9-11)10-4-5-12(15)13(8-10)17-2/h4-9,14,16H,3H2,1-2H3. The van der Waals surface area contributed by atoms with E-state index >= 15 is 0 Å². The largest absolute Gasteiger partial charge is 0.494 e. The molecule has 0 aliphatic heterocycles. The first-order valence-corrected chi connectivity index (χ1v) is 5.85. The first kappa shape index (κ1) is 12.6. The van der Waals surface area contributed by atoms with E-state index in [1.165, 1.54) is 13.2 Å². The molecule has 0 saturated carbocycles. The van der Waals surface area contributed by atoms with Crippen molar-refractivity contribution in [3.8, 4) is 5.75 Å². The van der Waals surface area contributed by atoms with Crippen molar-refractivity contribution < 1.29 is 13.5 Å². The molecule has 0 aliphatic carbocycles. The van der Waals surface area contributed by atoms with Crippen LogP contribution in [0.4, 0.5) is 4.39 Å². The molecule has 1 heterocycles. The lowest BCUT2D eigenvalue weighted by atomic mass is 10.0. The number of benzene rings is 1. The topological polar surface area (TPSA) is 34.4 Å². The lowest BCUT2D eigenvalue weighted by molar-refractivity contribution is 0.385. The van der Waals surface area contributed by atoms with Crippen LogP contribution in [0.5, 0.6) is 5.75 Å². The van der Waals surface area contributed by atoms with Crippen LogP contribution in [0, 0.1) is 5.82 Å². The lowest BCUT2D eigenvalue weighted by Gasteiger charge is -2.17. The minimum atomic E-state index is -0.358. The molecule has 0 spiro atoms. The Hall–Kier alpha value is -1.81. The second kappa shape index (κ2) is 5.69. The molecule has 0 amide bonds. The molecule has 3 nitrogen and oxygen atoms in total. The summed E-state index contributed by atoms with van der Waals surface area (Å²) < 4.78 is 23.5. The van der Waals surface area contributed by atoms with Gasteiger partial charge in [0.2, 0.25) is 0 Å². The van der Waals surface area contributed by atoms with Gasteiger partial charge in [-0.25, -0.2) is 4.39 Å². The molecule has 2 rings (SSSR count). The third-order valence-corrected chi connectivity index (χ3v) is 2.79. The molecular weight excluding hydrogens is 233 g/mol. The van der Waals surface area contributed by atoms with E-state index in [-0.39, 0.29) is 17.6 Å². The van der Waals surface area contributed by atoms with E-state index in [9.17, 15) is 4.39 Å². The molecule has 4 heteroatoms. The molecule has 0 bridgehead atoms. The van der Waals surface area contributed by atoms with Gasteiger partial charge in [-0.3, -0.25) is 0 Å². The molecule has 2 aromatic rings. The van der Waals surface area contributed by atoms with Gasteiger partial charge in [-0.1, -0.05) is 13.0 Å². The fourth-order valence-corrected chi connectivity index (χ4v) is 1.93. The van der Waals surface area contributed by atoms with Crippen LogP contribution in [0.15, 0.2) is 41.2 Å². The maximum absolute atomic E-state index is 13.4. The van der Waals surface area contributed by atoms with Crippen molar-refractivity contribution in [1.29, 1.82) is 0 Å². The van der Waals surface area contributed by atoms with Crippen molar-refractivity contribution in [3.63, 3.8) is 0 Å². The summed E-state index contributed by atoms with van der Waals surface area (Å²) in [6.45, 7) is 2.82. The van der Waals surface area contributed by atoms with Gasteiger partial charge in [-0.15, -0.1) is 0 Å². The van der Waals surface area contributed by atoms with E-state index in [0.29, 0.717) is 0 Å². The molecule has 1 aromatic carbocycles. The van der Waals surface area contributed by atoms with Gasteiger partial charge in [0.15, 0.2) is 11.6 Å². The minimum Gasteiger partial charge on any atom is -0.494 e. The summed E-state index contributed by atoms with van der Waals surface area (Å²) in [4.78, 5) is 0. The molecule has 96 valence electrons. The average Bonchev–Trinajstić information content (AvgIpc) is 2.90. The summed E-state index contributed by atoms with van der Waals surface area (Å²) in [7, 11) is 1.46. The fraction of sp³-hybridized carbons (Fsp3) is 0.286. The predicted molar refractivity (Wildman–Crippen MR) is 67.2 cm³/mol. The van der Waals surface area contributed by atoms with Crippen LogP contribution >= 0.6 is 0 Å². The molecule has 1 N–H and O–H groups in total. The maximum Gasteiger partial charge on any atom is 0.165 e. The summed E-state index contributed by atoms with van der Waals surface area (Å²) in [6.07, 6.45) is 3.31. The molecule has 1 atom stereocenters. The van der Waals surface area contributed by atoms with Gasteiger partial charge in [-0.2, -0.15) is 0 Å².